The van der Waals surface area contributed by atoms with E-state index in [4.69, 9.17) is 5.73 Å². The van der Waals surface area contributed by atoms with Crippen molar-refractivity contribution in [3.63, 3.8) is 0 Å². The van der Waals surface area contributed by atoms with Crippen LogP contribution in [0.2, 0.25) is 0 Å². The molecule has 0 unspecified atom stereocenters. The topological polar surface area (TPSA) is 72.9 Å². The van der Waals surface area contributed by atoms with E-state index in [-0.39, 0.29) is 5.91 Å². The molecule has 5 heteroatoms. The Balaban J connectivity index is 2.60. The van der Waals surface area contributed by atoms with Gasteiger partial charge in [0.25, 0.3) is 0 Å². The minimum atomic E-state index is -0.431. The van der Waals surface area contributed by atoms with Gasteiger partial charge in [-0.2, -0.15) is 5.10 Å². The number of aromatic nitrogens is 2. The average molecular weight is 238 g/mol. The van der Waals surface area contributed by atoms with Crippen molar-refractivity contribution < 1.29 is 4.79 Å². The van der Waals surface area contributed by atoms with Crippen molar-refractivity contribution in [2.75, 3.05) is 5.32 Å². The maximum atomic E-state index is 11.8. The van der Waals surface area contributed by atoms with Gasteiger partial charge >= 0.3 is 0 Å². The first-order valence-corrected chi connectivity index (χ1v) is 6.17. The van der Waals surface area contributed by atoms with Gasteiger partial charge in [0.1, 0.15) is 0 Å². The molecule has 0 aromatic carbocycles. The number of aryl methyl sites for hydroxylation is 2. The largest absolute Gasteiger partial charge is 0.322 e. The highest BCUT2D eigenvalue weighted by molar-refractivity contribution is 5.95. The van der Waals surface area contributed by atoms with Gasteiger partial charge in [-0.1, -0.05) is 26.7 Å². The van der Waals surface area contributed by atoms with Crippen LogP contribution in [-0.2, 0) is 18.3 Å². The van der Waals surface area contributed by atoms with Crippen LogP contribution in [-0.4, -0.2) is 21.7 Å². The summed E-state index contributed by atoms with van der Waals surface area (Å²) in [5.74, 6) is -0.124. The van der Waals surface area contributed by atoms with Gasteiger partial charge < -0.3 is 11.1 Å². The number of carbonyl (C=O) groups excluding carboxylic acids is 1. The van der Waals surface area contributed by atoms with Gasteiger partial charge in [0.05, 0.1) is 17.4 Å². The highest BCUT2D eigenvalue weighted by atomic mass is 16.2. The molecular weight excluding hydrogens is 216 g/mol. The zero-order chi connectivity index (χ0) is 12.8. The maximum Gasteiger partial charge on any atom is 0.241 e. The van der Waals surface area contributed by atoms with E-state index < -0.39 is 6.04 Å². The van der Waals surface area contributed by atoms with E-state index in [9.17, 15) is 4.79 Å². The highest BCUT2D eigenvalue weighted by Gasteiger charge is 2.15. The first-order chi connectivity index (χ1) is 8.08. The van der Waals surface area contributed by atoms with Gasteiger partial charge in [-0.05, 0) is 12.8 Å². The van der Waals surface area contributed by atoms with Crippen molar-refractivity contribution in [2.24, 2.45) is 12.8 Å². The van der Waals surface area contributed by atoms with Crippen molar-refractivity contribution in [1.29, 1.82) is 0 Å². The van der Waals surface area contributed by atoms with Gasteiger partial charge in [0.2, 0.25) is 5.91 Å². The summed E-state index contributed by atoms with van der Waals surface area (Å²) < 4.78 is 1.70. The normalized spacial score (nSPS) is 12.5. The van der Waals surface area contributed by atoms with Crippen LogP contribution in [0.3, 0.4) is 0 Å². The third-order valence-electron chi connectivity index (χ3n) is 2.70. The number of amides is 1. The Labute approximate surface area is 102 Å². The van der Waals surface area contributed by atoms with E-state index in [0.717, 1.165) is 37.1 Å². The molecule has 1 heterocycles. The van der Waals surface area contributed by atoms with Gasteiger partial charge in [-0.15, -0.1) is 0 Å². The van der Waals surface area contributed by atoms with E-state index in [2.05, 4.69) is 17.3 Å². The molecule has 0 aliphatic heterocycles. The molecule has 0 radical (unpaired) electrons. The summed E-state index contributed by atoms with van der Waals surface area (Å²) in [6.07, 6.45) is 5.35. The minimum Gasteiger partial charge on any atom is -0.322 e. The molecule has 0 fully saturated rings. The van der Waals surface area contributed by atoms with Crippen LogP contribution in [0.4, 0.5) is 5.69 Å². The van der Waals surface area contributed by atoms with E-state index in [1.165, 1.54) is 0 Å². The second-order valence-electron chi connectivity index (χ2n) is 4.25. The second kappa shape index (κ2) is 6.39. The first-order valence-electron chi connectivity index (χ1n) is 6.17. The summed E-state index contributed by atoms with van der Waals surface area (Å²) in [6.45, 7) is 4.09. The molecular formula is C12H22N4O. The van der Waals surface area contributed by atoms with Crippen molar-refractivity contribution >= 4 is 11.6 Å². The number of nitrogens with one attached hydrogen (secondary N) is 1. The molecule has 1 rings (SSSR count). The lowest BCUT2D eigenvalue weighted by Gasteiger charge is -2.11. The summed E-state index contributed by atoms with van der Waals surface area (Å²) in [5, 5.41) is 7.11. The van der Waals surface area contributed by atoms with Crippen molar-refractivity contribution in [1.82, 2.24) is 9.78 Å². The third-order valence-corrected chi connectivity index (χ3v) is 2.70. The zero-order valence-electron chi connectivity index (χ0n) is 10.9. The standard InChI is InChI=1S/C12H22N4O/c1-4-6-7-9(13)12(17)14-11-8-16(3)15-10(11)5-2/h8-9H,4-7,13H2,1-3H3,(H,14,17)/t9-/m0/s1. The Morgan fingerprint density at radius 1 is 1.59 bits per heavy atom. The number of rotatable bonds is 6. The molecule has 0 bridgehead atoms. The van der Waals surface area contributed by atoms with Crippen LogP contribution in [0.1, 0.15) is 38.8 Å². The lowest BCUT2D eigenvalue weighted by molar-refractivity contribution is -0.117. The zero-order valence-corrected chi connectivity index (χ0v) is 10.9. The molecule has 1 aromatic heterocycles. The minimum absolute atomic E-state index is 0.124. The van der Waals surface area contributed by atoms with Crippen molar-refractivity contribution in [3.05, 3.63) is 11.9 Å². The van der Waals surface area contributed by atoms with E-state index in [0.29, 0.717) is 0 Å². The highest BCUT2D eigenvalue weighted by Crippen LogP contribution is 2.14. The molecule has 5 nitrogen and oxygen atoms in total. The van der Waals surface area contributed by atoms with Crippen molar-refractivity contribution in [2.45, 2.75) is 45.6 Å². The molecule has 0 saturated carbocycles. The number of nitrogens with zero attached hydrogens (tertiary/aromatic N) is 2. The van der Waals surface area contributed by atoms with Crippen LogP contribution in [0.5, 0.6) is 0 Å². The molecule has 0 aliphatic rings. The molecule has 96 valence electrons. The molecule has 3 N–H and O–H groups in total. The fourth-order valence-electron chi connectivity index (χ4n) is 1.68. The summed E-state index contributed by atoms with van der Waals surface area (Å²) in [6, 6.07) is -0.431. The smallest absolute Gasteiger partial charge is 0.241 e. The van der Waals surface area contributed by atoms with Crippen LogP contribution in [0, 0.1) is 0 Å². The summed E-state index contributed by atoms with van der Waals surface area (Å²) in [7, 11) is 1.84. The summed E-state index contributed by atoms with van der Waals surface area (Å²) in [4.78, 5) is 11.8. The number of unbranched alkanes of at least 4 members (excludes halogenated alkanes) is 1. The Hall–Kier alpha value is -1.36. The molecule has 17 heavy (non-hydrogen) atoms. The Morgan fingerprint density at radius 2 is 2.29 bits per heavy atom. The molecule has 1 atom stereocenters. The quantitative estimate of drug-likeness (QED) is 0.787. The summed E-state index contributed by atoms with van der Waals surface area (Å²) in [5.41, 5.74) is 7.47. The van der Waals surface area contributed by atoms with Gasteiger partial charge in [0.15, 0.2) is 0 Å². The predicted octanol–water partition coefficient (Wildman–Crippen LogP) is 1.44. The van der Waals surface area contributed by atoms with E-state index in [1.54, 1.807) is 4.68 Å². The van der Waals surface area contributed by atoms with Crippen molar-refractivity contribution in [3.8, 4) is 0 Å². The number of anilines is 1. The Bertz CT molecular complexity index is 373. The monoisotopic (exact) mass is 238 g/mol. The van der Waals surface area contributed by atoms with E-state index >= 15 is 0 Å². The van der Waals surface area contributed by atoms with Gasteiger partial charge in [-0.3, -0.25) is 9.48 Å². The molecule has 0 aliphatic carbocycles. The second-order valence-corrected chi connectivity index (χ2v) is 4.25. The Morgan fingerprint density at radius 3 is 2.88 bits per heavy atom. The maximum absolute atomic E-state index is 11.8. The number of nitrogens with two attached hydrogens (primary N) is 1. The molecule has 0 spiro atoms. The lowest BCUT2D eigenvalue weighted by Crippen LogP contribution is -2.35. The van der Waals surface area contributed by atoms with E-state index in [1.807, 2.05) is 20.2 Å². The fourth-order valence-corrected chi connectivity index (χ4v) is 1.68. The number of hydrogen-bond donors (Lipinski definition) is 2. The number of carbonyl (C=O) groups is 1. The van der Waals surface area contributed by atoms with Crippen LogP contribution in [0.15, 0.2) is 6.20 Å². The molecule has 0 saturated heterocycles. The Kier molecular flexibility index (Phi) is 5.15. The predicted molar refractivity (Wildman–Crippen MR) is 68.7 cm³/mol. The lowest BCUT2D eigenvalue weighted by atomic mass is 10.1. The average Bonchev–Trinajstić information content (AvgIpc) is 2.66. The molecule has 1 amide bonds. The molecule has 1 aromatic rings. The summed E-state index contributed by atoms with van der Waals surface area (Å²) >= 11 is 0. The van der Waals surface area contributed by atoms with Gasteiger partial charge in [0, 0.05) is 13.2 Å². The third kappa shape index (κ3) is 3.85. The van der Waals surface area contributed by atoms with Crippen LogP contribution < -0.4 is 11.1 Å². The SMILES string of the molecule is CCCC[C@H](N)C(=O)Nc1cn(C)nc1CC. The first kappa shape index (κ1) is 13.7. The van der Waals surface area contributed by atoms with Crippen LogP contribution >= 0.6 is 0 Å². The fraction of sp³-hybridized carbons (Fsp3) is 0.667. The number of hydrogen-bond acceptors (Lipinski definition) is 3. The van der Waals surface area contributed by atoms with Gasteiger partial charge in [-0.25, -0.2) is 0 Å². The van der Waals surface area contributed by atoms with Crippen LogP contribution in [0.25, 0.3) is 0 Å².